The first-order valence-corrected chi connectivity index (χ1v) is 6.96. The first kappa shape index (κ1) is 13.4. The average molecular weight is 303 g/mol. The van der Waals surface area contributed by atoms with Gasteiger partial charge in [-0.1, -0.05) is 65.7 Å². The molecule has 0 amide bonds. The van der Waals surface area contributed by atoms with Crippen molar-refractivity contribution < 1.29 is 0 Å². The predicted molar refractivity (Wildman–Crippen MR) is 84.2 cm³/mol. The molecule has 0 bridgehead atoms. The van der Waals surface area contributed by atoms with Crippen molar-refractivity contribution in [2.75, 3.05) is 0 Å². The Morgan fingerprint density at radius 2 is 1.75 bits per heavy atom. The Kier molecular flexibility index (Phi) is 3.62. The highest BCUT2D eigenvalue weighted by atomic mass is 35.5. The molecule has 2 nitrogen and oxygen atoms in total. The molecule has 2 N–H and O–H groups in total. The SMILES string of the molecule is NC(c1ncc(Cl)cc1Cl)c1cccc2ccccc12. The normalized spacial score (nSPS) is 12.6. The molecular formula is C16H12Cl2N2. The van der Waals surface area contributed by atoms with Crippen LogP contribution in [0.3, 0.4) is 0 Å². The summed E-state index contributed by atoms with van der Waals surface area (Å²) < 4.78 is 0. The molecule has 4 heteroatoms. The highest BCUT2D eigenvalue weighted by molar-refractivity contribution is 6.34. The van der Waals surface area contributed by atoms with E-state index in [0.717, 1.165) is 16.3 Å². The molecule has 0 aliphatic rings. The lowest BCUT2D eigenvalue weighted by Crippen LogP contribution is -2.14. The van der Waals surface area contributed by atoms with E-state index in [0.29, 0.717) is 15.7 Å². The second-order valence-electron chi connectivity index (χ2n) is 4.57. The zero-order valence-electron chi connectivity index (χ0n) is 10.6. The summed E-state index contributed by atoms with van der Waals surface area (Å²) in [6, 6.07) is 15.4. The second kappa shape index (κ2) is 5.41. The van der Waals surface area contributed by atoms with Crippen molar-refractivity contribution in [2.24, 2.45) is 5.73 Å². The number of nitrogens with two attached hydrogens (primary N) is 1. The number of benzene rings is 2. The van der Waals surface area contributed by atoms with E-state index in [1.807, 2.05) is 30.3 Å². The van der Waals surface area contributed by atoms with Crippen LogP contribution in [0.15, 0.2) is 54.7 Å². The van der Waals surface area contributed by atoms with E-state index in [4.69, 9.17) is 28.9 Å². The molecule has 0 saturated heterocycles. The van der Waals surface area contributed by atoms with Gasteiger partial charge in [0.05, 0.1) is 21.8 Å². The highest BCUT2D eigenvalue weighted by Crippen LogP contribution is 2.30. The monoisotopic (exact) mass is 302 g/mol. The van der Waals surface area contributed by atoms with Crippen molar-refractivity contribution in [3.8, 4) is 0 Å². The van der Waals surface area contributed by atoms with Crippen LogP contribution in [0, 0.1) is 0 Å². The molecule has 1 atom stereocenters. The lowest BCUT2D eigenvalue weighted by Gasteiger charge is -2.15. The van der Waals surface area contributed by atoms with E-state index in [2.05, 4.69) is 17.1 Å². The van der Waals surface area contributed by atoms with Crippen LogP contribution >= 0.6 is 23.2 Å². The summed E-state index contributed by atoms with van der Waals surface area (Å²) in [4.78, 5) is 4.27. The number of halogens is 2. The van der Waals surface area contributed by atoms with Crippen molar-refractivity contribution >= 4 is 34.0 Å². The zero-order chi connectivity index (χ0) is 14.1. The second-order valence-corrected chi connectivity index (χ2v) is 5.41. The van der Waals surface area contributed by atoms with Gasteiger partial charge in [0.1, 0.15) is 0 Å². The lowest BCUT2D eigenvalue weighted by atomic mass is 9.97. The highest BCUT2D eigenvalue weighted by Gasteiger charge is 2.16. The minimum atomic E-state index is -0.383. The first-order chi connectivity index (χ1) is 9.66. The summed E-state index contributed by atoms with van der Waals surface area (Å²) in [6.07, 6.45) is 1.56. The van der Waals surface area contributed by atoms with Crippen LogP contribution in [0.4, 0.5) is 0 Å². The van der Waals surface area contributed by atoms with Gasteiger partial charge in [0, 0.05) is 6.20 Å². The quantitative estimate of drug-likeness (QED) is 0.752. The van der Waals surface area contributed by atoms with Crippen LogP contribution < -0.4 is 5.73 Å². The Balaban J connectivity index is 2.15. The molecule has 0 aliphatic carbocycles. The Hall–Kier alpha value is -1.61. The molecular weight excluding hydrogens is 291 g/mol. The van der Waals surface area contributed by atoms with Gasteiger partial charge in [-0.05, 0) is 22.4 Å². The largest absolute Gasteiger partial charge is 0.319 e. The van der Waals surface area contributed by atoms with Crippen LogP contribution in [0.1, 0.15) is 17.3 Å². The molecule has 0 spiro atoms. The summed E-state index contributed by atoms with van der Waals surface area (Å²) in [5.41, 5.74) is 7.97. The summed E-state index contributed by atoms with van der Waals surface area (Å²) >= 11 is 12.1. The van der Waals surface area contributed by atoms with Crippen molar-refractivity contribution in [3.63, 3.8) is 0 Å². The van der Waals surface area contributed by atoms with E-state index in [9.17, 15) is 0 Å². The van der Waals surface area contributed by atoms with Crippen molar-refractivity contribution in [3.05, 3.63) is 76.0 Å². The Labute approximate surface area is 127 Å². The standard InChI is InChI=1S/C16H12Cl2N2/c17-11-8-14(18)16(20-9-11)15(19)13-7-3-5-10-4-1-2-6-12(10)13/h1-9,15H,19H2. The van der Waals surface area contributed by atoms with E-state index >= 15 is 0 Å². The van der Waals surface area contributed by atoms with Gasteiger partial charge in [-0.3, -0.25) is 4.98 Å². The van der Waals surface area contributed by atoms with Crippen LogP contribution in [0.25, 0.3) is 10.8 Å². The molecule has 0 aliphatic heterocycles. The predicted octanol–water partition coefficient (Wildman–Crippen LogP) is 4.59. The number of nitrogens with zero attached hydrogens (tertiary/aromatic N) is 1. The molecule has 100 valence electrons. The van der Waals surface area contributed by atoms with Crippen molar-refractivity contribution in [2.45, 2.75) is 6.04 Å². The maximum absolute atomic E-state index is 6.34. The maximum Gasteiger partial charge on any atom is 0.0803 e. The number of hydrogen-bond donors (Lipinski definition) is 1. The van der Waals surface area contributed by atoms with Crippen LogP contribution in [0.5, 0.6) is 0 Å². The molecule has 2 aromatic carbocycles. The molecule has 1 aromatic heterocycles. The summed E-state index contributed by atoms with van der Waals surface area (Å²) in [5.74, 6) is 0. The topological polar surface area (TPSA) is 38.9 Å². The molecule has 1 unspecified atom stereocenters. The smallest absolute Gasteiger partial charge is 0.0803 e. The average Bonchev–Trinajstić information content (AvgIpc) is 2.46. The van der Waals surface area contributed by atoms with Gasteiger partial charge in [0.15, 0.2) is 0 Å². The zero-order valence-corrected chi connectivity index (χ0v) is 12.1. The molecule has 0 saturated carbocycles. The van der Waals surface area contributed by atoms with Gasteiger partial charge in [-0.15, -0.1) is 0 Å². The van der Waals surface area contributed by atoms with Crippen LogP contribution in [0.2, 0.25) is 10.0 Å². The van der Waals surface area contributed by atoms with Gasteiger partial charge in [0.2, 0.25) is 0 Å². The van der Waals surface area contributed by atoms with Crippen molar-refractivity contribution in [1.82, 2.24) is 4.98 Å². The fourth-order valence-corrected chi connectivity index (χ4v) is 2.82. The fraction of sp³-hybridized carbons (Fsp3) is 0.0625. The third-order valence-corrected chi connectivity index (χ3v) is 3.80. The van der Waals surface area contributed by atoms with Gasteiger partial charge in [-0.2, -0.15) is 0 Å². The van der Waals surface area contributed by atoms with E-state index in [1.54, 1.807) is 12.3 Å². The third-order valence-electron chi connectivity index (χ3n) is 3.29. The lowest BCUT2D eigenvalue weighted by molar-refractivity contribution is 0.837. The van der Waals surface area contributed by atoms with Gasteiger partial charge in [-0.25, -0.2) is 0 Å². The summed E-state index contributed by atoms with van der Waals surface area (Å²) in [7, 11) is 0. The Morgan fingerprint density at radius 3 is 2.55 bits per heavy atom. The van der Waals surface area contributed by atoms with Gasteiger partial charge in [0.25, 0.3) is 0 Å². The molecule has 20 heavy (non-hydrogen) atoms. The van der Waals surface area contributed by atoms with Gasteiger partial charge < -0.3 is 5.73 Å². The number of hydrogen-bond acceptors (Lipinski definition) is 2. The minimum absolute atomic E-state index is 0.383. The number of fused-ring (bicyclic) bond motifs is 1. The van der Waals surface area contributed by atoms with Crippen molar-refractivity contribution in [1.29, 1.82) is 0 Å². The summed E-state index contributed by atoms with van der Waals surface area (Å²) in [6.45, 7) is 0. The van der Waals surface area contributed by atoms with Crippen LogP contribution in [-0.4, -0.2) is 4.98 Å². The number of aromatic nitrogens is 1. The first-order valence-electron chi connectivity index (χ1n) is 6.21. The van der Waals surface area contributed by atoms with Crippen LogP contribution in [-0.2, 0) is 0 Å². The fourth-order valence-electron chi connectivity index (χ4n) is 2.32. The number of pyridine rings is 1. The maximum atomic E-state index is 6.34. The van der Waals surface area contributed by atoms with E-state index in [1.165, 1.54) is 0 Å². The number of rotatable bonds is 2. The molecule has 0 fully saturated rings. The van der Waals surface area contributed by atoms with Gasteiger partial charge >= 0.3 is 0 Å². The third kappa shape index (κ3) is 2.38. The molecule has 3 aromatic rings. The minimum Gasteiger partial charge on any atom is -0.319 e. The molecule has 1 heterocycles. The Bertz CT molecular complexity index is 766. The molecule has 3 rings (SSSR count). The van der Waals surface area contributed by atoms with E-state index < -0.39 is 0 Å². The summed E-state index contributed by atoms with van der Waals surface area (Å²) in [5, 5.41) is 3.24. The molecule has 0 radical (unpaired) electrons. The van der Waals surface area contributed by atoms with E-state index in [-0.39, 0.29) is 6.04 Å². The Morgan fingerprint density at radius 1 is 1.00 bits per heavy atom.